The van der Waals surface area contributed by atoms with E-state index in [9.17, 15) is 0 Å². The van der Waals surface area contributed by atoms with E-state index in [0.29, 0.717) is 17.4 Å². The van der Waals surface area contributed by atoms with Gasteiger partial charge in [0, 0.05) is 5.56 Å². The van der Waals surface area contributed by atoms with Gasteiger partial charge in [0.2, 0.25) is 5.75 Å². The fourth-order valence-electron chi connectivity index (χ4n) is 1.58. The van der Waals surface area contributed by atoms with Crippen LogP contribution in [0.4, 0.5) is 0 Å². The number of benzene rings is 1. The summed E-state index contributed by atoms with van der Waals surface area (Å²) in [6.45, 7) is 8.23. The molecule has 0 spiro atoms. The lowest BCUT2D eigenvalue weighted by molar-refractivity contribution is 0.321. The van der Waals surface area contributed by atoms with Crippen LogP contribution in [0.1, 0.15) is 39.2 Å². The van der Waals surface area contributed by atoms with E-state index in [1.165, 1.54) is 0 Å². The topological polar surface area (TPSA) is 27.7 Å². The second-order valence-corrected chi connectivity index (χ2v) is 3.58. The number of ether oxygens (including phenoxy) is 3. The van der Waals surface area contributed by atoms with Gasteiger partial charge in [0.05, 0.1) is 21.3 Å². The third-order valence-electron chi connectivity index (χ3n) is 2.36. The zero-order chi connectivity index (χ0) is 13.4. The molecule has 3 heteroatoms. The van der Waals surface area contributed by atoms with E-state index in [-0.39, 0.29) is 0 Å². The molecule has 0 unspecified atom stereocenters. The van der Waals surface area contributed by atoms with Gasteiger partial charge in [-0.1, -0.05) is 33.8 Å². The molecule has 1 aromatic rings. The SMILES string of the molecule is CC.COc1ccc(C(C)C)c(OC)c1OC. The molecule has 0 atom stereocenters. The molecule has 0 aliphatic rings. The second-order valence-electron chi connectivity index (χ2n) is 3.58. The highest BCUT2D eigenvalue weighted by molar-refractivity contribution is 5.56. The Balaban J connectivity index is 0.00000121. The fourth-order valence-corrected chi connectivity index (χ4v) is 1.58. The third kappa shape index (κ3) is 3.55. The van der Waals surface area contributed by atoms with Crippen molar-refractivity contribution in [1.29, 1.82) is 0 Å². The molecular formula is C14H24O3. The molecule has 1 aromatic carbocycles. The Morgan fingerprint density at radius 2 is 1.35 bits per heavy atom. The minimum absolute atomic E-state index is 0.389. The van der Waals surface area contributed by atoms with Gasteiger partial charge in [0.15, 0.2) is 11.5 Å². The number of rotatable bonds is 4. The summed E-state index contributed by atoms with van der Waals surface area (Å²) in [5.41, 5.74) is 1.12. The lowest BCUT2D eigenvalue weighted by Crippen LogP contribution is -1.99. The first kappa shape index (κ1) is 15.6. The van der Waals surface area contributed by atoms with E-state index in [0.717, 1.165) is 11.3 Å². The molecular weight excluding hydrogens is 216 g/mol. The van der Waals surface area contributed by atoms with Crippen LogP contribution >= 0.6 is 0 Å². The first-order valence-corrected chi connectivity index (χ1v) is 5.94. The molecule has 1 rings (SSSR count). The van der Waals surface area contributed by atoms with Crippen molar-refractivity contribution in [2.24, 2.45) is 0 Å². The van der Waals surface area contributed by atoms with E-state index >= 15 is 0 Å². The van der Waals surface area contributed by atoms with Crippen LogP contribution in [0, 0.1) is 0 Å². The molecule has 0 bridgehead atoms. The Morgan fingerprint density at radius 1 is 0.824 bits per heavy atom. The molecule has 3 nitrogen and oxygen atoms in total. The van der Waals surface area contributed by atoms with Crippen molar-refractivity contribution in [2.45, 2.75) is 33.6 Å². The quantitative estimate of drug-likeness (QED) is 0.799. The van der Waals surface area contributed by atoms with E-state index < -0.39 is 0 Å². The number of hydrogen-bond donors (Lipinski definition) is 0. The average Bonchev–Trinajstić information content (AvgIpc) is 2.38. The predicted molar refractivity (Wildman–Crippen MR) is 71.5 cm³/mol. The summed E-state index contributed by atoms with van der Waals surface area (Å²) < 4.78 is 15.9. The molecule has 0 saturated carbocycles. The van der Waals surface area contributed by atoms with Crippen LogP contribution in [0.15, 0.2) is 12.1 Å². The molecule has 0 radical (unpaired) electrons. The maximum atomic E-state index is 5.37. The Morgan fingerprint density at radius 3 is 1.71 bits per heavy atom. The summed E-state index contributed by atoms with van der Waals surface area (Å²) >= 11 is 0. The highest BCUT2D eigenvalue weighted by atomic mass is 16.5. The van der Waals surface area contributed by atoms with Crippen LogP contribution in [0.5, 0.6) is 17.2 Å². The van der Waals surface area contributed by atoms with Crippen LogP contribution in [-0.2, 0) is 0 Å². The number of methoxy groups -OCH3 is 3. The van der Waals surface area contributed by atoms with Gasteiger partial charge >= 0.3 is 0 Å². The van der Waals surface area contributed by atoms with Gasteiger partial charge in [-0.15, -0.1) is 0 Å². The standard InChI is InChI=1S/C12H18O3.C2H6/c1-8(2)9-6-7-10(13-3)12(15-5)11(9)14-4;1-2/h6-8H,1-5H3;1-2H3. The smallest absolute Gasteiger partial charge is 0.203 e. The third-order valence-corrected chi connectivity index (χ3v) is 2.36. The summed E-state index contributed by atoms with van der Waals surface area (Å²) in [6.07, 6.45) is 0. The summed E-state index contributed by atoms with van der Waals surface area (Å²) in [7, 11) is 4.87. The monoisotopic (exact) mass is 240 g/mol. The van der Waals surface area contributed by atoms with Crippen LogP contribution < -0.4 is 14.2 Å². The molecule has 0 heterocycles. The minimum atomic E-state index is 0.389. The first-order valence-electron chi connectivity index (χ1n) is 5.94. The second kappa shape index (κ2) is 7.82. The van der Waals surface area contributed by atoms with Crippen molar-refractivity contribution in [1.82, 2.24) is 0 Å². The minimum Gasteiger partial charge on any atom is -0.493 e. The molecule has 0 N–H and O–H groups in total. The van der Waals surface area contributed by atoms with Gasteiger partial charge in [-0.2, -0.15) is 0 Å². The lowest BCUT2D eigenvalue weighted by Gasteiger charge is -2.17. The van der Waals surface area contributed by atoms with E-state index in [2.05, 4.69) is 13.8 Å². The fraction of sp³-hybridized carbons (Fsp3) is 0.571. The van der Waals surface area contributed by atoms with Crippen molar-refractivity contribution in [3.8, 4) is 17.2 Å². The van der Waals surface area contributed by atoms with E-state index in [4.69, 9.17) is 14.2 Å². The highest BCUT2D eigenvalue weighted by Gasteiger charge is 2.17. The van der Waals surface area contributed by atoms with Crippen LogP contribution in [-0.4, -0.2) is 21.3 Å². The Labute approximate surface area is 105 Å². The van der Waals surface area contributed by atoms with Crippen molar-refractivity contribution in [3.05, 3.63) is 17.7 Å². The average molecular weight is 240 g/mol. The highest BCUT2D eigenvalue weighted by Crippen LogP contribution is 2.42. The Hall–Kier alpha value is -1.38. The predicted octanol–water partition coefficient (Wildman–Crippen LogP) is 3.86. The van der Waals surface area contributed by atoms with Crippen LogP contribution in [0.3, 0.4) is 0 Å². The van der Waals surface area contributed by atoms with Gasteiger partial charge in [-0.25, -0.2) is 0 Å². The molecule has 17 heavy (non-hydrogen) atoms. The van der Waals surface area contributed by atoms with Gasteiger partial charge in [-0.05, 0) is 12.0 Å². The molecule has 0 saturated heterocycles. The maximum Gasteiger partial charge on any atom is 0.203 e. The molecule has 0 aliphatic carbocycles. The summed E-state index contributed by atoms with van der Waals surface area (Å²) in [4.78, 5) is 0. The summed E-state index contributed by atoms with van der Waals surface area (Å²) in [6, 6.07) is 3.90. The zero-order valence-corrected chi connectivity index (χ0v) is 12.0. The van der Waals surface area contributed by atoms with E-state index in [1.807, 2.05) is 26.0 Å². The van der Waals surface area contributed by atoms with E-state index in [1.54, 1.807) is 21.3 Å². The Bertz CT molecular complexity index is 332. The largest absolute Gasteiger partial charge is 0.493 e. The molecule has 0 aliphatic heterocycles. The van der Waals surface area contributed by atoms with Gasteiger partial charge in [0.1, 0.15) is 0 Å². The van der Waals surface area contributed by atoms with Gasteiger partial charge in [0.25, 0.3) is 0 Å². The van der Waals surface area contributed by atoms with Gasteiger partial charge < -0.3 is 14.2 Å². The molecule has 0 aromatic heterocycles. The van der Waals surface area contributed by atoms with Crippen LogP contribution in [0.2, 0.25) is 0 Å². The normalized spacial score (nSPS) is 9.41. The van der Waals surface area contributed by atoms with Crippen molar-refractivity contribution in [2.75, 3.05) is 21.3 Å². The van der Waals surface area contributed by atoms with Crippen molar-refractivity contribution >= 4 is 0 Å². The van der Waals surface area contributed by atoms with Crippen LogP contribution in [0.25, 0.3) is 0 Å². The Kier molecular flexibility index (Phi) is 7.19. The molecule has 0 fully saturated rings. The summed E-state index contributed by atoms with van der Waals surface area (Å²) in [5.74, 6) is 2.50. The van der Waals surface area contributed by atoms with Gasteiger partial charge in [-0.3, -0.25) is 0 Å². The number of hydrogen-bond acceptors (Lipinski definition) is 3. The molecule has 98 valence electrons. The zero-order valence-electron chi connectivity index (χ0n) is 12.0. The molecule has 0 amide bonds. The maximum absolute atomic E-state index is 5.37. The lowest BCUT2D eigenvalue weighted by atomic mass is 10.0. The van der Waals surface area contributed by atoms with Crippen molar-refractivity contribution in [3.63, 3.8) is 0 Å². The first-order chi connectivity index (χ1) is 8.15. The summed E-state index contributed by atoms with van der Waals surface area (Å²) in [5, 5.41) is 0. The van der Waals surface area contributed by atoms with Crippen molar-refractivity contribution < 1.29 is 14.2 Å².